The van der Waals surface area contributed by atoms with Gasteiger partial charge in [0.05, 0.1) is 24.5 Å². The molecule has 2 amide bonds. The quantitative estimate of drug-likeness (QED) is 0.191. The number of amides is 2. The van der Waals surface area contributed by atoms with Gasteiger partial charge in [0.15, 0.2) is 6.73 Å². The van der Waals surface area contributed by atoms with E-state index in [0.29, 0.717) is 37.7 Å². The molecule has 0 spiro atoms. The summed E-state index contributed by atoms with van der Waals surface area (Å²) >= 11 is 0. The van der Waals surface area contributed by atoms with Crippen molar-refractivity contribution in [3.05, 3.63) is 65.9 Å². The topological polar surface area (TPSA) is 93.5 Å². The monoisotopic (exact) mass is 642 g/mol. The van der Waals surface area contributed by atoms with Gasteiger partial charge in [-0.25, -0.2) is 9.59 Å². The maximum atomic E-state index is 13.8. The van der Waals surface area contributed by atoms with Crippen LogP contribution in [-0.4, -0.2) is 77.6 Å². The zero-order valence-corrected chi connectivity index (χ0v) is 27.8. The summed E-state index contributed by atoms with van der Waals surface area (Å²) in [5.41, 5.74) is 3.81. The van der Waals surface area contributed by atoms with Crippen LogP contribution in [0.5, 0.6) is 0 Å². The molecule has 4 heterocycles. The van der Waals surface area contributed by atoms with E-state index >= 15 is 0 Å². The highest BCUT2D eigenvalue weighted by molar-refractivity contribution is 6.36. The number of carbonyl (C=O) groups is 3. The molecule has 250 valence electrons. The molecule has 10 heteroatoms. The van der Waals surface area contributed by atoms with Gasteiger partial charge in [0.2, 0.25) is 0 Å². The summed E-state index contributed by atoms with van der Waals surface area (Å²) in [4.78, 5) is 44.7. The summed E-state index contributed by atoms with van der Waals surface area (Å²) in [6, 6.07) is 15.9. The van der Waals surface area contributed by atoms with E-state index in [9.17, 15) is 14.4 Å². The van der Waals surface area contributed by atoms with Gasteiger partial charge in [-0.1, -0.05) is 42.8 Å². The summed E-state index contributed by atoms with van der Waals surface area (Å²) < 4.78 is 18.3. The highest BCUT2D eigenvalue weighted by atomic mass is 16.7. The Morgan fingerprint density at radius 1 is 0.915 bits per heavy atom. The van der Waals surface area contributed by atoms with E-state index in [0.717, 1.165) is 66.5 Å². The molecule has 0 saturated carbocycles. The molecule has 0 bridgehead atoms. The number of ether oxygens (including phenoxy) is 3. The number of hydrogen-bond donors (Lipinski definition) is 0. The van der Waals surface area contributed by atoms with Crippen LogP contribution in [0, 0.1) is 5.92 Å². The first kappa shape index (κ1) is 32.6. The normalized spacial score (nSPS) is 18.5. The Balaban J connectivity index is 1.06. The number of nitrogens with zero attached hydrogens (tertiary/aromatic N) is 4. The molecule has 1 aromatic heterocycles. The SMILES string of the molecule is CC(C)(C)OC(=O)N1CCC(CCOC(=O)OCn2cc(/C=C3\C(=O)N(CN4CCCCC4)c4ccccc43)c3ccccc32)CC1. The second-order valence-corrected chi connectivity index (χ2v) is 13.8. The molecule has 3 aromatic rings. The van der Waals surface area contributed by atoms with Crippen molar-refractivity contribution >= 4 is 46.4 Å². The molecule has 0 unspecified atom stereocenters. The number of carbonyl (C=O) groups excluding carboxylic acids is 3. The number of para-hydroxylation sites is 2. The van der Waals surface area contributed by atoms with Crippen molar-refractivity contribution in [2.45, 2.75) is 71.6 Å². The molecule has 0 radical (unpaired) electrons. The van der Waals surface area contributed by atoms with Crippen molar-refractivity contribution in [2.24, 2.45) is 5.92 Å². The van der Waals surface area contributed by atoms with Gasteiger partial charge >= 0.3 is 12.2 Å². The fourth-order valence-electron chi connectivity index (χ4n) is 6.74. The van der Waals surface area contributed by atoms with Crippen molar-refractivity contribution in [1.82, 2.24) is 14.4 Å². The Kier molecular flexibility index (Phi) is 9.87. The minimum Gasteiger partial charge on any atom is -0.444 e. The van der Waals surface area contributed by atoms with E-state index in [2.05, 4.69) is 4.90 Å². The van der Waals surface area contributed by atoms with E-state index in [-0.39, 0.29) is 25.3 Å². The summed E-state index contributed by atoms with van der Waals surface area (Å²) in [7, 11) is 0. The van der Waals surface area contributed by atoms with Crippen LogP contribution >= 0.6 is 0 Å². The van der Waals surface area contributed by atoms with Crippen molar-refractivity contribution < 1.29 is 28.6 Å². The first-order valence-electron chi connectivity index (χ1n) is 16.9. The molecular weight excluding hydrogens is 596 g/mol. The van der Waals surface area contributed by atoms with Crippen LogP contribution in [0.1, 0.15) is 70.4 Å². The Morgan fingerprint density at radius 2 is 1.64 bits per heavy atom. The van der Waals surface area contributed by atoms with E-state index in [4.69, 9.17) is 14.2 Å². The Labute approximate surface area is 276 Å². The van der Waals surface area contributed by atoms with E-state index in [1.54, 1.807) is 4.90 Å². The number of rotatable bonds is 8. The molecular formula is C37H46N4O6. The Hall–Kier alpha value is -4.31. The lowest BCUT2D eigenvalue weighted by molar-refractivity contribution is -0.113. The number of piperidine rings is 2. The van der Waals surface area contributed by atoms with Gasteiger partial charge < -0.3 is 23.7 Å². The fraction of sp³-hybridized carbons (Fsp3) is 0.486. The highest BCUT2D eigenvalue weighted by Crippen LogP contribution is 2.39. The van der Waals surface area contributed by atoms with Crippen molar-refractivity contribution in [1.29, 1.82) is 0 Å². The number of anilines is 1. The molecule has 10 nitrogen and oxygen atoms in total. The molecule has 3 aliphatic heterocycles. The minimum absolute atomic E-state index is 0.00365. The Morgan fingerprint density at radius 3 is 2.40 bits per heavy atom. The number of hydrogen-bond acceptors (Lipinski definition) is 7. The lowest BCUT2D eigenvalue weighted by atomic mass is 9.94. The molecule has 6 rings (SSSR count). The summed E-state index contributed by atoms with van der Waals surface area (Å²) in [6.45, 7) is 9.73. The lowest BCUT2D eigenvalue weighted by Crippen LogP contribution is -2.42. The number of aromatic nitrogens is 1. The van der Waals surface area contributed by atoms with Gasteiger partial charge in [-0.2, -0.15) is 0 Å². The summed E-state index contributed by atoms with van der Waals surface area (Å²) in [5.74, 6) is 0.369. The third-order valence-electron chi connectivity index (χ3n) is 9.20. The average Bonchev–Trinajstić information content (AvgIpc) is 3.54. The third kappa shape index (κ3) is 7.81. The number of fused-ring (bicyclic) bond motifs is 2. The largest absolute Gasteiger partial charge is 0.510 e. The third-order valence-corrected chi connectivity index (χ3v) is 9.20. The van der Waals surface area contributed by atoms with Crippen LogP contribution in [0.4, 0.5) is 15.3 Å². The van der Waals surface area contributed by atoms with Gasteiger partial charge in [0.1, 0.15) is 5.60 Å². The minimum atomic E-state index is -0.720. The van der Waals surface area contributed by atoms with Gasteiger partial charge in [0, 0.05) is 41.4 Å². The second-order valence-electron chi connectivity index (χ2n) is 13.8. The van der Waals surface area contributed by atoms with Gasteiger partial charge in [0.25, 0.3) is 5.91 Å². The average molecular weight is 643 g/mol. The maximum Gasteiger partial charge on any atom is 0.510 e. The Bertz CT molecular complexity index is 1620. The zero-order chi connectivity index (χ0) is 33.0. The lowest BCUT2D eigenvalue weighted by Gasteiger charge is -2.33. The van der Waals surface area contributed by atoms with Crippen molar-refractivity contribution in [2.75, 3.05) is 44.4 Å². The van der Waals surface area contributed by atoms with Gasteiger partial charge in [-0.05, 0) is 90.1 Å². The molecule has 2 saturated heterocycles. The van der Waals surface area contributed by atoms with Crippen LogP contribution in [-0.2, 0) is 25.7 Å². The number of likely N-dealkylation sites (tertiary alicyclic amines) is 2. The molecule has 3 aliphatic rings. The van der Waals surface area contributed by atoms with Crippen LogP contribution in [0.25, 0.3) is 22.6 Å². The van der Waals surface area contributed by atoms with Crippen LogP contribution in [0.3, 0.4) is 0 Å². The van der Waals surface area contributed by atoms with E-state index in [1.807, 2.05) is 91.0 Å². The first-order chi connectivity index (χ1) is 22.7. The fourth-order valence-corrected chi connectivity index (χ4v) is 6.74. The predicted molar refractivity (Wildman–Crippen MR) is 182 cm³/mol. The van der Waals surface area contributed by atoms with Crippen LogP contribution in [0.2, 0.25) is 0 Å². The second kappa shape index (κ2) is 14.2. The van der Waals surface area contributed by atoms with Crippen LogP contribution < -0.4 is 4.90 Å². The van der Waals surface area contributed by atoms with Crippen LogP contribution in [0.15, 0.2) is 54.7 Å². The highest BCUT2D eigenvalue weighted by Gasteiger charge is 2.33. The predicted octanol–water partition coefficient (Wildman–Crippen LogP) is 7.12. The molecule has 2 aromatic carbocycles. The molecule has 0 atom stereocenters. The van der Waals surface area contributed by atoms with Crippen molar-refractivity contribution in [3.8, 4) is 0 Å². The van der Waals surface area contributed by atoms with Crippen molar-refractivity contribution in [3.63, 3.8) is 0 Å². The summed E-state index contributed by atoms with van der Waals surface area (Å²) in [6.07, 6.45) is 8.86. The van der Waals surface area contributed by atoms with Gasteiger partial charge in [-0.15, -0.1) is 0 Å². The molecule has 2 fully saturated rings. The standard InChI is InChI=1S/C37H46N4O6/c1-37(2,3)47-35(43)39-20-15-27(16-21-39)17-22-45-36(44)46-26-40-24-28(29-11-5-7-13-32(29)40)23-31-30-12-6-8-14-33(30)41(34(31)42)25-38-18-9-4-10-19-38/h5-8,11-14,23-24,27H,4,9-10,15-22,25-26H2,1-3H3/b31-23-. The number of benzene rings is 2. The smallest absolute Gasteiger partial charge is 0.444 e. The van der Waals surface area contributed by atoms with E-state index in [1.165, 1.54) is 6.42 Å². The molecule has 0 aliphatic carbocycles. The van der Waals surface area contributed by atoms with E-state index < -0.39 is 11.8 Å². The summed E-state index contributed by atoms with van der Waals surface area (Å²) in [5, 5.41) is 0.967. The maximum absolute atomic E-state index is 13.8. The first-order valence-corrected chi connectivity index (χ1v) is 16.9. The molecule has 47 heavy (non-hydrogen) atoms. The molecule has 0 N–H and O–H groups in total. The zero-order valence-electron chi connectivity index (χ0n) is 27.8. The van der Waals surface area contributed by atoms with Gasteiger partial charge in [-0.3, -0.25) is 14.6 Å².